The SMILES string of the molecule is CCCCCOc1cc(C)ccc1CN=C(NCC)NCc1ccon1.I. The summed E-state index contributed by atoms with van der Waals surface area (Å²) in [6, 6.07) is 8.11. The standard InChI is InChI=1S/C20H30N4O2.HI/c1-4-6-7-11-25-19-13-16(3)8-9-17(19)14-22-20(21-5-2)23-15-18-10-12-26-24-18;/h8-10,12-13H,4-7,11,14-15H2,1-3H3,(H2,21,22,23);1H. The highest BCUT2D eigenvalue weighted by atomic mass is 127. The van der Waals surface area contributed by atoms with Gasteiger partial charge in [0.05, 0.1) is 19.7 Å². The van der Waals surface area contributed by atoms with Crippen LogP contribution in [0.25, 0.3) is 0 Å². The van der Waals surface area contributed by atoms with Crippen molar-refractivity contribution >= 4 is 29.9 Å². The molecule has 0 aliphatic heterocycles. The zero-order chi connectivity index (χ0) is 18.6. The Kier molecular flexibility index (Phi) is 11.6. The third kappa shape index (κ3) is 8.64. The number of ether oxygens (including phenoxy) is 1. The van der Waals surface area contributed by atoms with Crippen molar-refractivity contribution in [2.45, 2.75) is 53.1 Å². The fraction of sp³-hybridized carbons (Fsp3) is 0.500. The maximum atomic E-state index is 6.00. The first-order valence-corrected chi connectivity index (χ1v) is 9.36. The molecule has 1 aromatic heterocycles. The van der Waals surface area contributed by atoms with E-state index in [1.807, 2.05) is 13.0 Å². The zero-order valence-electron chi connectivity index (χ0n) is 16.5. The Hall–Kier alpha value is -1.77. The normalized spacial score (nSPS) is 11.0. The van der Waals surface area contributed by atoms with Crippen LogP contribution in [0.15, 0.2) is 40.0 Å². The maximum Gasteiger partial charge on any atom is 0.191 e. The predicted molar refractivity (Wildman–Crippen MR) is 120 cm³/mol. The first-order valence-electron chi connectivity index (χ1n) is 9.36. The molecule has 0 amide bonds. The number of aliphatic imine (C=N–C) groups is 1. The molecule has 0 fully saturated rings. The Morgan fingerprint density at radius 1 is 1.19 bits per heavy atom. The van der Waals surface area contributed by atoms with Gasteiger partial charge in [-0.25, -0.2) is 4.99 Å². The Morgan fingerprint density at radius 2 is 2.04 bits per heavy atom. The van der Waals surface area contributed by atoms with E-state index in [4.69, 9.17) is 9.26 Å². The van der Waals surface area contributed by atoms with Crippen molar-refractivity contribution in [3.8, 4) is 5.75 Å². The summed E-state index contributed by atoms with van der Waals surface area (Å²) in [5, 5.41) is 10.4. The van der Waals surface area contributed by atoms with Crippen molar-refractivity contribution in [2.24, 2.45) is 4.99 Å². The largest absolute Gasteiger partial charge is 0.493 e. The molecule has 0 aliphatic rings. The molecule has 2 aromatic rings. The lowest BCUT2D eigenvalue weighted by molar-refractivity contribution is 0.303. The molecule has 1 heterocycles. The lowest BCUT2D eigenvalue weighted by atomic mass is 10.1. The molecular weight excluding hydrogens is 455 g/mol. The molecule has 0 radical (unpaired) electrons. The lowest BCUT2D eigenvalue weighted by Gasteiger charge is -2.13. The van der Waals surface area contributed by atoms with Gasteiger partial charge in [0.2, 0.25) is 0 Å². The number of unbranched alkanes of at least 4 members (excludes halogenated alkanes) is 2. The zero-order valence-corrected chi connectivity index (χ0v) is 18.8. The highest BCUT2D eigenvalue weighted by molar-refractivity contribution is 14.0. The summed E-state index contributed by atoms with van der Waals surface area (Å²) in [5.74, 6) is 1.67. The minimum atomic E-state index is 0. The molecule has 0 saturated carbocycles. The molecular formula is C20H31IN4O2. The summed E-state index contributed by atoms with van der Waals surface area (Å²) in [4.78, 5) is 4.67. The smallest absolute Gasteiger partial charge is 0.191 e. The number of hydrogen-bond acceptors (Lipinski definition) is 4. The second-order valence-electron chi connectivity index (χ2n) is 6.21. The molecule has 2 rings (SSSR count). The van der Waals surface area contributed by atoms with E-state index in [0.717, 1.165) is 42.5 Å². The van der Waals surface area contributed by atoms with Crippen LogP contribution in [0.1, 0.15) is 49.9 Å². The topological polar surface area (TPSA) is 71.7 Å². The van der Waals surface area contributed by atoms with Gasteiger partial charge in [0.1, 0.15) is 17.7 Å². The third-order valence-corrected chi connectivity index (χ3v) is 3.91. The van der Waals surface area contributed by atoms with E-state index in [2.05, 4.69) is 52.8 Å². The maximum absolute atomic E-state index is 6.00. The minimum absolute atomic E-state index is 0. The van der Waals surface area contributed by atoms with Crippen LogP contribution in [-0.2, 0) is 13.1 Å². The molecule has 27 heavy (non-hydrogen) atoms. The highest BCUT2D eigenvalue weighted by Gasteiger charge is 2.06. The van der Waals surface area contributed by atoms with Crippen LogP contribution < -0.4 is 15.4 Å². The van der Waals surface area contributed by atoms with Gasteiger partial charge in [-0.2, -0.15) is 0 Å². The molecule has 0 bridgehead atoms. The van der Waals surface area contributed by atoms with E-state index < -0.39 is 0 Å². The summed E-state index contributed by atoms with van der Waals surface area (Å²) in [5.41, 5.74) is 3.12. The van der Waals surface area contributed by atoms with Gasteiger partial charge in [-0.3, -0.25) is 0 Å². The highest BCUT2D eigenvalue weighted by Crippen LogP contribution is 2.21. The first kappa shape index (κ1) is 23.3. The van der Waals surface area contributed by atoms with Crippen LogP contribution in [-0.4, -0.2) is 24.3 Å². The van der Waals surface area contributed by atoms with Gasteiger partial charge in [0.25, 0.3) is 0 Å². The number of nitrogens with zero attached hydrogens (tertiary/aromatic N) is 2. The molecule has 0 unspecified atom stereocenters. The van der Waals surface area contributed by atoms with Gasteiger partial charge in [0.15, 0.2) is 5.96 Å². The van der Waals surface area contributed by atoms with Crippen molar-refractivity contribution in [3.05, 3.63) is 47.3 Å². The summed E-state index contributed by atoms with van der Waals surface area (Å²) in [6.07, 6.45) is 5.03. The number of benzene rings is 1. The summed E-state index contributed by atoms with van der Waals surface area (Å²) in [7, 11) is 0. The van der Waals surface area contributed by atoms with E-state index >= 15 is 0 Å². The molecule has 6 nitrogen and oxygen atoms in total. The number of halogens is 1. The minimum Gasteiger partial charge on any atom is -0.493 e. The van der Waals surface area contributed by atoms with E-state index in [-0.39, 0.29) is 24.0 Å². The molecule has 2 N–H and O–H groups in total. The van der Waals surface area contributed by atoms with Crippen LogP contribution in [0, 0.1) is 6.92 Å². The van der Waals surface area contributed by atoms with Gasteiger partial charge >= 0.3 is 0 Å². The van der Waals surface area contributed by atoms with E-state index in [0.29, 0.717) is 13.1 Å². The average molecular weight is 486 g/mol. The van der Waals surface area contributed by atoms with Gasteiger partial charge in [-0.05, 0) is 31.9 Å². The number of aryl methyl sites for hydroxylation is 1. The second kappa shape index (κ2) is 13.4. The fourth-order valence-electron chi connectivity index (χ4n) is 2.47. The number of guanidine groups is 1. The van der Waals surface area contributed by atoms with E-state index in [9.17, 15) is 0 Å². The Balaban J connectivity index is 0.00000364. The van der Waals surface area contributed by atoms with Gasteiger partial charge in [-0.15, -0.1) is 24.0 Å². The van der Waals surface area contributed by atoms with Crippen molar-refractivity contribution in [3.63, 3.8) is 0 Å². The molecule has 0 atom stereocenters. The number of nitrogens with one attached hydrogen (secondary N) is 2. The summed E-state index contributed by atoms with van der Waals surface area (Å²) in [6.45, 7) is 8.98. The van der Waals surface area contributed by atoms with Crippen LogP contribution in [0.5, 0.6) is 5.75 Å². The van der Waals surface area contributed by atoms with Gasteiger partial charge in [-0.1, -0.05) is 37.1 Å². The molecule has 1 aromatic carbocycles. The van der Waals surface area contributed by atoms with Crippen molar-refractivity contribution in [1.29, 1.82) is 0 Å². The summed E-state index contributed by atoms with van der Waals surface area (Å²) < 4.78 is 10.8. The predicted octanol–water partition coefficient (Wildman–Crippen LogP) is 4.43. The van der Waals surface area contributed by atoms with Crippen molar-refractivity contribution in [1.82, 2.24) is 15.8 Å². The van der Waals surface area contributed by atoms with Crippen LogP contribution in [0.4, 0.5) is 0 Å². The third-order valence-electron chi connectivity index (χ3n) is 3.91. The van der Waals surface area contributed by atoms with Gasteiger partial charge < -0.3 is 19.9 Å². The molecule has 0 aliphatic carbocycles. The second-order valence-corrected chi connectivity index (χ2v) is 6.21. The number of hydrogen-bond donors (Lipinski definition) is 2. The van der Waals surface area contributed by atoms with Crippen molar-refractivity contribution in [2.75, 3.05) is 13.2 Å². The Labute approximate surface area is 179 Å². The van der Waals surface area contributed by atoms with E-state index in [1.54, 1.807) is 6.26 Å². The molecule has 7 heteroatoms. The quantitative estimate of drug-likeness (QED) is 0.225. The molecule has 0 saturated heterocycles. The lowest BCUT2D eigenvalue weighted by Crippen LogP contribution is -2.36. The monoisotopic (exact) mass is 486 g/mol. The van der Waals surface area contributed by atoms with Crippen LogP contribution in [0.3, 0.4) is 0 Å². The molecule has 0 spiro atoms. The Morgan fingerprint density at radius 3 is 2.74 bits per heavy atom. The first-order chi connectivity index (χ1) is 12.7. The van der Waals surface area contributed by atoms with Crippen molar-refractivity contribution < 1.29 is 9.26 Å². The summed E-state index contributed by atoms with van der Waals surface area (Å²) >= 11 is 0. The van der Waals surface area contributed by atoms with Crippen LogP contribution >= 0.6 is 24.0 Å². The van der Waals surface area contributed by atoms with Crippen LogP contribution in [0.2, 0.25) is 0 Å². The fourth-order valence-corrected chi connectivity index (χ4v) is 2.47. The number of aromatic nitrogens is 1. The van der Waals surface area contributed by atoms with E-state index in [1.165, 1.54) is 18.4 Å². The average Bonchev–Trinajstić information content (AvgIpc) is 3.16. The number of rotatable bonds is 10. The Bertz CT molecular complexity index is 675. The van der Waals surface area contributed by atoms with Gasteiger partial charge in [0, 0.05) is 18.2 Å². The molecule has 150 valence electrons.